The monoisotopic (exact) mass is 376 g/mol. The molecule has 8 heteroatoms. The Bertz CT molecular complexity index is 819. The predicted octanol–water partition coefficient (Wildman–Crippen LogP) is 1.45. The van der Waals surface area contributed by atoms with Gasteiger partial charge in [0, 0.05) is 19.3 Å². The van der Waals surface area contributed by atoms with E-state index in [2.05, 4.69) is 29.2 Å². The number of imidazole rings is 1. The highest BCUT2D eigenvalue weighted by molar-refractivity contribution is 5.85. The SMILES string of the molecule is C=CCC.Nc1nc(OCC2CCOCC2)cc2c1[nH]c(=O)n2C/C=C/[NH3+]. The van der Waals surface area contributed by atoms with Crippen LogP contribution in [-0.2, 0) is 11.3 Å². The van der Waals surface area contributed by atoms with Gasteiger partial charge in [-0.15, -0.1) is 6.58 Å². The number of rotatable bonds is 6. The van der Waals surface area contributed by atoms with E-state index < -0.39 is 0 Å². The zero-order valence-corrected chi connectivity index (χ0v) is 15.9. The third kappa shape index (κ3) is 5.70. The number of nitrogens with zero attached hydrogens (tertiary/aromatic N) is 2. The van der Waals surface area contributed by atoms with Crippen LogP contribution in [0.4, 0.5) is 5.82 Å². The molecule has 0 unspecified atom stereocenters. The number of ether oxygens (including phenoxy) is 2. The van der Waals surface area contributed by atoms with Gasteiger partial charge in [0.05, 0.1) is 24.9 Å². The molecule has 0 bridgehead atoms. The number of allylic oxidation sites excluding steroid dienone is 2. The van der Waals surface area contributed by atoms with Crippen molar-refractivity contribution in [1.82, 2.24) is 14.5 Å². The highest BCUT2D eigenvalue weighted by Gasteiger charge is 2.16. The van der Waals surface area contributed by atoms with Gasteiger partial charge in [-0.3, -0.25) is 4.57 Å². The third-order valence-electron chi connectivity index (χ3n) is 4.32. The summed E-state index contributed by atoms with van der Waals surface area (Å²) in [6.45, 7) is 8.09. The van der Waals surface area contributed by atoms with Crippen molar-refractivity contribution in [1.29, 1.82) is 0 Å². The van der Waals surface area contributed by atoms with Crippen molar-refractivity contribution in [3.8, 4) is 5.88 Å². The first-order valence-corrected chi connectivity index (χ1v) is 9.25. The molecule has 1 saturated heterocycles. The van der Waals surface area contributed by atoms with Crippen molar-refractivity contribution in [3.63, 3.8) is 0 Å². The fraction of sp³-hybridized carbons (Fsp3) is 0.474. The van der Waals surface area contributed by atoms with E-state index in [-0.39, 0.29) is 11.5 Å². The normalized spacial score (nSPS) is 14.9. The van der Waals surface area contributed by atoms with Crippen LogP contribution < -0.4 is 21.9 Å². The number of hydrogen-bond donors (Lipinski definition) is 3. The summed E-state index contributed by atoms with van der Waals surface area (Å²) < 4.78 is 12.7. The molecule has 3 heterocycles. The van der Waals surface area contributed by atoms with Crippen LogP contribution in [-0.4, -0.2) is 34.4 Å². The van der Waals surface area contributed by atoms with Gasteiger partial charge in [-0.1, -0.05) is 13.0 Å². The highest BCUT2D eigenvalue weighted by atomic mass is 16.5. The van der Waals surface area contributed by atoms with Gasteiger partial charge in [0.1, 0.15) is 5.52 Å². The zero-order chi connectivity index (χ0) is 19.6. The summed E-state index contributed by atoms with van der Waals surface area (Å²) in [5.41, 5.74) is 10.6. The molecular weight excluding hydrogens is 346 g/mol. The number of nitrogens with one attached hydrogen (secondary N) is 1. The number of H-pyrrole nitrogens is 1. The summed E-state index contributed by atoms with van der Waals surface area (Å²) in [6.07, 6.45) is 8.38. The summed E-state index contributed by atoms with van der Waals surface area (Å²) >= 11 is 0. The molecule has 0 aromatic carbocycles. The van der Waals surface area contributed by atoms with E-state index in [1.165, 1.54) is 0 Å². The van der Waals surface area contributed by atoms with Crippen molar-refractivity contribution in [2.24, 2.45) is 5.92 Å². The van der Waals surface area contributed by atoms with Crippen molar-refractivity contribution < 1.29 is 15.2 Å². The maximum Gasteiger partial charge on any atom is 0.326 e. The molecule has 1 aliphatic heterocycles. The lowest BCUT2D eigenvalue weighted by Gasteiger charge is -2.21. The Morgan fingerprint density at radius 1 is 1.52 bits per heavy atom. The molecule has 148 valence electrons. The fourth-order valence-corrected chi connectivity index (χ4v) is 2.70. The number of aromatic nitrogens is 3. The number of fused-ring (bicyclic) bond motifs is 1. The van der Waals surface area contributed by atoms with Gasteiger partial charge >= 0.3 is 5.69 Å². The molecule has 2 aromatic rings. The number of pyridine rings is 1. The summed E-state index contributed by atoms with van der Waals surface area (Å²) in [7, 11) is 0. The van der Waals surface area contributed by atoms with Gasteiger partial charge in [0.2, 0.25) is 5.88 Å². The van der Waals surface area contributed by atoms with E-state index >= 15 is 0 Å². The maximum atomic E-state index is 12.0. The van der Waals surface area contributed by atoms with Gasteiger partial charge in [-0.05, 0) is 31.3 Å². The Morgan fingerprint density at radius 3 is 2.85 bits per heavy atom. The second-order valence-corrected chi connectivity index (χ2v) is 6.32. The largest absolute Gasteiger partial charge is 0.477 e. The van der Waals surface area contributed by atoms with Crippen LogP contribution in [0.3, 0.4) is 0 Å². The minimum Gasteiger partial charge on any atom is -0.477 e. The number of anilines is 1. The minimum absolute atomic E-state index is 0.229. The van der Waals surface area contributed by atoms with E-state index in [9.17, 15) is 4.79 Å². The number of aromatic amines is 1. The molecule has 0 aliphatic carbocycles. The molecule has 0 saturated carbocycles. The average molecular weight is 376 g/mol. The number of nitrogens with two attached hydrogens (primary N) is 1. The van der Waals surface area contributed by atoms with Crippen molar-refractivity contribution in [3.05, 3.63) is 41.5 Å². The molecule has 6 N–H and O–H groups in total. The van der Waals surface area contributed by atoms with Crippen LogP contribution in [0, 0.1) is 5.92 Å². The molecule has 1 aliphatic rings. The number of nitrogen functional groups attached to an aromatic ring is 1. The Labute approximate surface area is 158 Å². The van der Waals surface area contributed by atoms with Gasteiger partial charge < -0.3 is 25.9 Å². The van der Waals surface area contributed by atoms with Gasteiger partial charge in [-0.2, -0.15) is 4.98 Å². The smallest absolute Gasteiger partial charge is 0.326 e. The van der Waals surface area contributed by atoms with E-state index in [0.29, 0.717) is 36.0 Å². The summed E-state index contributed by atoms with van der Waals surface area (Å²) in [5, 5.41) is 0. The molecule has 0 amide bonds. The lowest BCUT2D eigenvalue weighted by atomic mass is 10.0. The Morgan fingerprint density at radius 2 is 2.22 bits per heavy atom. The van der Waals surface area contributed by atoms with Gasteiger partial charge in [0.25, 0.3) is 0 Å². The molecular formula is C19H30N5O3+. The van der Waals surface area contributed by atoms with E-state index in [0.717, 1.165) is 32.5 Å². The van der Waals surface area contributed by atoms with Crippen LogP contribution in [0.1, 0.15) is 26.2 Å². The first-order chi connectivity index (χ1) is 13.1. The summed E-state index contributed by atoms with van der Waals surface area (Å²) in [5.74, 6) is 1.16. The van der Waals surface area contributed by atoms with Crippen LogP contribution >= 0.6 is 0 Å². The fourth-order valence-electron chi connectivity index (χ4n) is 2.70. The Kier molecular flexibility index (Phi) is 8.09. The topological polar surface area (TPSA) is 123 Å². The summed E-state index contributed by atoms with van der Waals surface area (Å²) in [4.78, 5) is 19.0. The first-order valence-electron chi connectivity index (χ1n) is 9.25. The van der Waals surface area contributed by atoms with Crippen LogP contribution in [0.15, 0.2) is 35.8 Å². The van der Waals surface area contributed by atoms with Crippen molar-refractivity contribution >= 4 is 16.9 Å². The van der Waals surface area contributed by atoms with Crippen molar-refractivity contribution in [2.75, 3.05) is 25.6 Å². The van der Waals surface area contributed by atoms with E-state index in [1.807, 2.05) is 6.08 Å². The van der Waals surface area contributed by atoms with Gasteiger partial charge in [0.15, 0.2) is 5.82 Å². The molecule has 3 rings (SSSR count). The first kappa shape index (κ1) is 20.7. The minimum atomic E-state index is -0.229. The second kappa shape index (κ2) is 10.5. The summed E-state index contributed by atoms with van der Waals surface area (Å²) in [6, 6.07) is 1.75. The molecule has 0 spiro atoms. The standard InChI is InChI=1S/C15H21N5O3.C4H8/c16-4-1-5-20-11-8-12(18-14(17)13(11)19-15(20)21)23-9-10-2-6-22-7-3-10;1-3-4-2/h1,4,8,10H,2-3,5-7,9,16H2,(H2,17,18)(H,19,21);3H,1,4H2,2H3/p+1/b4-1+;. The lowest BCUT2D eigenvalue weighted by Crippen LogP contribution is -2.39. The predicted molar refractivity (Wildman–Crippen MR) is 106 cm³/mol. The Balaban J connectivity index is 0.000000596. The van der Waals surface area contributed by atoms with Crippen LogP contribution in [0.25, 0.3) is 11.0 Å². The molecule has 1 fully saturated rings. The molecule has 2 aromatic heterocycles. The number of quaternary nitrogens is 1. The Hall–Kier alpha value is -2.58. The van der Waals surface area contributed by atoms with Crippen molar-refractivity contribution in [2.45, 2.75) is 32.7 Å². The second-order valence-electron chi connectivity index (χ2n) is 6.32. The third-order valence-corrected chi connectivity index (χ3v) is 4.32. The molecule has 27 heavy (non-hydrogen) atoms. The van der Waals surface area contributed by atoms with Gasteiger partial charge in [-0.25, -0.2) is 4.79 Å². The van der Waals surface area contributed by atoms with E-state index in [1.54, 1.807) is 22.9 Å². The maximum absolute atomic E-state index is 12.0. The lowest BCUT2D eigenvalue weighted by molar-refractivity contribution is -0.275. The number of hydrogen-bond acceptors (Lipinski definition) is 5. The highest BCUT2D eigenvalue weighted by Crippen LogP contribution is 2.23. The van der Waals surface area contributed by atoms with Crippen LogP contribution in [0.2, 0.25) is 0 Å². The quantitative estimate of drug-likeness (QED) is 0.659. The average Bonchev–Trinajstić information content (AvgIpc) is 3.01. The molecule has 0 radical (unpaired) electrons. The van der Waals surface area contributed by atoms with E-state index in [4.69, 9.17) is 15.2 Å². The molecule has 0 atom stereocenters. The molecule has 8 nitrogen and oxygen atoms in total. The zero-order valence-electron chi connectivity index (χ0n) is 15.9. The van der Waals surface area contributed by atoms with Crippen LogP contribution in [0.5, 0.6) is 5.88 Å².